The Morgan fingerprint density at radius 1 is 1.42 bits per heavy atom. The summed E-state index contributed by atoms with van der Waals surface area (Å²) in [5, 5.41) is 11.6. The van der Waals surface area contributed by atoms with Gasteiger partial charge in [-0.2, -0.15) is 0 Å². The van der Waals surface area contributed by atoms with Crippen molar-refractivity contribution in [3.05, 3.63) is 46.1 Å². The van der Waals surface area contributed by atoms with E-state index in [0.29, 0.717) is 16.5 Å². The Bertz CT molecular complexity index is 640. The summed E-state index contributed by atoms with van der Waals surface area (Å²) < 4.78 is 4.82. The maximum absolute atomic E-state index is 11.5. The van der Waals surface area contributed by atoms with Crippen LogP contribution in [0.25, 0.3) is 10.9 Å². The number of benzene rings is 1. The predicted octanol–water partition coefficient (Wildman–Crippen LogP) is 2.25. The fraction of sp³-hybridized carbons (Fsp3) is 0.231. The van der Waals surface area contributed by atoms with Gasteiger partial charge >= 0.3 is 5.97 Å². The van der Waals surface area contributed by atoms with Gasteiger partial charge in [-0.3, -0.25) is 19.9 Å². The molecular formula is C13H12N2O4. The first-order valence-electron chi connectivity index (χ1n) is 5.80. The smallest absolute Gasteiger partial charge is 0.310 e. The summed E-state index contributed by atoms with van der Waals surface area (Å²) in [6.07, 6.45) is 1.45. The predicted molar refractivity (Wildman–Crippen MR) is 68.7 cm³/mol. The molecule has 0 aliphatic heterocycles. The van der Waals surface area contributed by atoms with E-state index in [1.165, 1.54) is 0 Å². The Morgan fingerprint density at radius 3 is 2.89 bits per heavy atom. The van der Waals surface area contributed by atoms with E-state index in [-0.39, 0.29) is 18.7 Å². The van der Waals surface area contributed by atoms with Crippen molar-refractivity contribution in [1.29, 1.82) is 0 Å². The van der Waals surface area contributed by atoms with Crippen LogP contribution in [0.15, 0.2) is 30.5 Å². The van der Waals surface area contributed by atoms with Gasteiger partial charge in [0.1, 0.15) is 0 Å². The van der Waals surface area contributed by atoms with Crippen LogP contribution in [0.5, 0.6) is 0 Å². The molecule has 6 nitrogen and oxygen atoms in total. The lowest BCUT2D eigenvalue weighted by Crippen LogP contribution is -2.09. The summed E-state index contributed by atoms with van der Waals surface area (Å²) in [4.78, 5) is 26.2. The Hall–Kier alpha value is -2.50. The number of ether oxygens (including phenoxy) is 1. The van der Waals surface area contributed by atoms with E-state index in [2.05, 4.69) is 4.98 Å². The minimum Gasteiger partial charge on any atom is -0.466 e. The van der Waals surface area contributed by atoms with E-state index >= 15 is 0 Å². The maximum atomic E-state index is 11.5. The summed E-state index contributed by atoms with van der Waals surface area (Å²) in [7, 11) is 0. The van der Waals surface area contributed by atoms with Gasteiger partial charge in [-0.1, -0.05) is 0 Å². The number of fused-ring (bicyclic) bond motifs is 1. The number of carbonyl (C=O) groups excluding carboxylic acids is 1. The SMILES string of the molecule is CCOC(=O)Cc1ccc2ncccc2c1[N+](=O)[O-]. The van der Waals surface area contributed by atoms with Crippen molar-refractivity contribution in [2.45, 2.75) is 13.3 Å². The molecule has 0 aliphatic rings. The van der Waals surface area contributed by atoms with Gasteiger partial charge in [0.05, 0.1) is 28.9 Å². The van der Waals surface area contributed by atoms with Crippen molar-refractivity contribution in [3.63, 3.8) is 0 Å². The molecule has 0 fully saturated rings. The van der Waals surface area contributed by atoms with E-state index in [0.717, 1.165) is 0 Å². The highest BCUT2D eigenvalue weighted by atomic mass is 16.6. The quantitative estimate of drug-likeness (QED) is 0.478. The van der Waals surface area contributed by atoms with Gasteiger partial charge in [0, 0.05) is 11.8 Å². The molecule has 19 heavy (non-hydrogen) atoms. The first-order valence-corrected chi connectivity index (χ1v) is 5.80. The average Bonchev–Trinajstić information content (AvgIpc) is 2.38. The number of nitro benzene ring substituents is 1. The number of aromatic nitrogens is 1. The Morgan fingerprint density at radius 2 is 2.21 bits per heavy atom. The number of hydrogen-bond acceptors (Lipinski definition) is 5. The molecule has 0 spiro atoms. The lowest BCUT2D eigenvalue weighted by Gasteiger charge is -2.05. The van der Waals surface area contributed by atoms with E-state index in [4.69, 9.17) is 4.74 Å². The van der Waals surface area contributed by atoms with E-state index < -0.39 is 10.9 Å². The normalized spacial score (nSPS) is 10.4. The molecule has 0 saturated heterocycles. The van der Waals surface area contributed by atoms with E-state index in [1.807, 2.05) is 0 Å². The highest BCUT2D eigenvalue weighted by molar-refractivity contribution is 5.91. The molecule has 2 aromatic rings. The van der Waals surface area contributed by atoms with Gasteiger partial charge in [0.15, 0.2) is 0 Å². The number of esters is 1. The molecule has 0 amide bonds. The third-order valence-electron chi connectivity index (χ3n) is 2.66. The van der Waals surface area contributed by atoms with E-state index in [9.17, 15) is 14.9 Å². The monoisotopic (exact) mass is 260 g/mol. The number of pyridine rings is 1. The first kappa shape index (κ1) is 12.9. The first-order chi connectivity index (χ1) is 9.13. The van der Waals surface area contributed by atoms with E-state index in [1.54, 1.807) is 37.4 Å². The molecule has 1 heterocycles. The largest absolute Gasteiger partial charge is 0.466 e. The van der Waals surface area contributed by atoms with Crippen molar-refractivity contribution in [3.8, 4) is 0 Å². The molecule has 2 rings (SSSR count). The van der Waals surface area contributed by atoms with Gasteiger partial charge in [-0.25, -0.2) is 0 Å². The highest BCUT2D eigenvalue weighted by Crippen LogP contribution is 2.28. The van der Waals surface area contributed by atoms with Gasteiger partial charge < -0.3 is 4.74 Å². The molecular weight excluding hydrogens is 248 g/mol. The Balaban J connectivity index is 2.52. The lowest BCUT2D eigenvalue weighted by atomic mass is 10.1. The topological polar surface area (TPSA) is 82.3 Å². The minimum atomic E-state index is -0.488. The van der Waals surface area contributed by atoms with Crippen LogP contribution in [0.4, 0.5) is 5.69 Å². The van der Waals surface area contributed by atoms with Crippen LogP contribution < -0.4 is 0 Å². The number of carbonyl (C=O) groups is 1. The number of rotatable bonds is 4. The molecule has 1 aromatic heterocycles. The molecule has 0 saturated carbocycles. The molecule has 0 unspecified atom stereocenters. The molecule has 0 bridgehead atoms. The fourth-order valence-electron chi connectivity index (χ4n) is 1.91. The molecule has 0 atom stereocenters. The van der Waals surface area contributed by atoms with Gasteiger partial charge in [-0.15, -0.1) is 0 Å². The number of nitro groups is 1. The zero-order valence-electron chi connectivity index (χ0n) is 10.3. The average molecular weight is 260 g/mol. The number of nitrogens with zero attached hydrogens (tertiary/aromatic N) is 2. The summed E-state index contributed by atoms with van der Waals surface area (Å²) in [6.45, 7) is 1.94. The van der Waals surface area contributed by atoms with Crippen LogP contribution in [0.1, 0.15) is 12.5 Å². The molecule has 6 heteroatoms. The van der Waals surface area contributed by atoms with Gasteiger partial charge in [0.25, 0.3) is 5.69 Å². The van der Waals surface area contributed by atoms with Crippen molar-refractivity contribution >= 4 is 22.6 Å². The fourth-order valence-corrected chi connectivity index (χ4v) is 1.91. The third kappa shape index (κ3) is 2.67. The second-order valence-corrected chi connectivity index (χ2v) is 3.88. The third-order valence-corrected chi connectivity index (χ3v) is 2.66. The molecule has 0 N–H and O–H groups in total. The molecule has 1 aromatic carbocycles. The second-order valence-electron chi connectivity index (χ2n) is 3.88. The van der Waals surface area contributed by atoms with Crippen LogP contribution in [-0.2, 0) is 16.0 Å². The lowest BCUT2D eigenvalue weighted by molar-refractivity contribution is -0.383. The van der Waals surface area contributed by atoms with Crippen molar-refractivity contribution < 1.29 is 14.5 Å². The zero-order chi connectivity index (χ0) is 13.8. The van der Waals surface area contributed by atoms with Crippen LogP contribution in [-0.4, -0.2) is 22.5 Å². The zero-order valence-corrected chi connectivity index (χ0v) is 10.3. The van der Waals surface area contributed by atoms with Crippen LogP contribution in [0.2, 0.25) is 0 Å². The maximum Gasteiger partial charge on any atom is 0.310 e. The highest BCUT2D eigenvalue weighted by Gasteiger charge is 2.20. The van der Waals surface area contributed by atoms with Crippen LogP contribution in [0, 0.1) is 10.1 Å². The van der Waals surface area contributed by atoms with Crippen LogP contribution >= 0.6 is 0 Å². The summed E-state index contributed by atoms with van der Waals surface area (Å²) in [5.41, 5.74) is 0.782. The standard InChI is InChI=1S/C13H12N2O4/c1-2-19-12(16)8-9-5-6-11-10(4-3-7-14-11)13(9)15(17)18/h3-7H,2,8H2,1H3. The molecule has 0 radical (unpaired) electrons. The van der Waals surface area contributed by atoms with Crippen LogP contribution in [0.3, 0.4) is 0 Å². The Kier molecular flexibility index (Phi) is 3.70. The molecule has 98 valence electrons. The second kappa shape index (κ2) is 5.43. The molecule has 0 aliphatic carbocycles. The Labute approximate surface area is 109 Å². The van der Waals surface area contributed by atoms with Gasteiger partial charge in [-0.05, 0) is 31.2 Å². The summed E-state index contributed by atoms with van der Waals surface area (Å²) >= 11 is 0. The summed E-state index contributed by atoms with van der Waals surface area (Å²) in [5.74, 6) is -0.478. The van der Waals surface area contributed by atoms with Gasteiger partial charge in [0.2, 0.25) is 0 Å². The minimum absolute atomic E-state index is 0.0846. The van der Waals surface area contributed by atoms with Crippen molar-refractivity contribution in [1.82, 2.24) is 4.98 Å². The number of hydrogen-bond donors (Lipinski definition) is 0. The summed E-state index contributed by atoms with van der Waals surface area (Å²) in [6, 6.07) is 6.46. The van der Waals surface area contributed by atoms with Crippen molar-refractivity contribution in [2.24, 2.45) is 0 Å². The van der Waals surface area contributed by atoms with Crippen molar-refractivity contribution in [2.75, 3.05) is 6.61 Å².